The molecule has 1 heterocycles. The Balaban J connectivity index is 1.68. The van der Waals surface area contributed by atoms with Crippen molar-refractivity contribution in [3.05, 3.63) is 53.5 Å². The molecule has 1 N–H and O–H groups in total. The third kappa shape index (κ3) is 4.45. The van der Waals surface area contributed by atoms with Crippen LogP contribution in [0.25, 0.3) is 0 Å². The molecule has 6 heteroatoms. The number of hydrogen-bond donors (Lipinski definition) is 1. The van der Waals surface area contributed by atoms with Gasteiger partial charge in [-0.3, -0.25) is 4.79 Å². The first-order valence-electron chi connectivity index (χ1n) is 8.33. The van der Waals surface area contributed by atoms with Gasteiger partial charge in [-0.1, -0.05) is 25.0 Å². The van der Waals surface area contributed by atoms with Gasteiger partial charge in [0.2, 0.25) is 0 Å². The number of nitrogens with zero attached hydrogens (tertiary/aromatic N) is 1. The number of hydrogen-bond acceptors (Lipinski definition) is 4. The van der Waals surface area contributed by atoms with Crippen LogP contribution in [0.1, 0.15) is 45.7 Å². The van der Waals surface area contributed by atoms with Gasteiger partial charge in [0.25, 0.3) is 5.91 Å². The monoisotopic (exact) mass is 359 g/mol. The SMILES string of the molecule is CN(CCC1CC1)C(=O)c1ccccc1SCc1occc1C(=O)O. The van der Waals surface area contributed by atoms with Gasteiger partial charge in [0.05, 0.1) is 17.6 Å². The molecule has 0 saturated heterocycles. The zero-order valence-corrected chi connectivity index (χ0v) is 14.9. The quantitative estimate of drug-likeness (QED) is 0.717. The molecule has 3 rings (SSSR count). The summed E-state index contributed by atoms with van der Waals surface area (Å²) in [5, 5.41) is 9.15. The van der Waals surface area contributed by atoms with Gasteiger partial charge in [-0.05, 0) is 30.5 Å². The summed E-state index contributed by atoms with van der Waals surface area (Å²) in [6, 6.07) is 8.88. The van der Waals surface area contributed by atoms with Crippen LogP contribution in [0.5, 0.6) is 0 Å². The first-order valence-corrected chi connectivity index (χ1v) is 9.31. The van der Waals surface area contributed by atoms with E-state index < -0.39 is 5.97 Å². The molecule has 5 nitrogen and oxygen atoms in total. The number of aromatic carboxylic acids is 1. The van der Waals surface area contributed by atoms with Crippen LogP contribution in [-0.2, 0) is 5.75 Å². The maximum Gasteiger partial charge on any atom is 0.339 e. The molecule has 0 radical (unpaired) electrons. The molecule has 1 aromatic heterocycles. The minimum Gasteiger partial charge on any atom is -0.478 e. The lowest BCUT2D eigenvalue weighted by molar-refractivity contribution is 0.0694. The molecule has 1 saturated carbocycles. The smallest absolute Gasteiger partial charge is 0.339 e. The molecule has 1 amide bonds. The largest absolute Gasteiger partial charge is 0.478 e. The van der Waals surface area contributed by atoms with Crippen molar-refractivity contribution in [2.45, 2.75) is 29.9 Å². The van der Waals surface area contributed by atoms with Crippen molar-refractivity contribution in [1.29, 1.82) is 0 Å². The zero-order chi connectivity index (χ0) is 17.8. The molecule has 0 bridgehead atoms. The first-order chi connectivity index (χ1) is 12.1. The third-order valence-corrected chi connectivity index (χ3v) is 5.44. The summed E-state index contributed by atoms with van der Waals surface area (Å²) in [7, 11) is 1.83. The predicted octanol–water partition coefficient (Wildman–Crippen LogP) is 4.14. The number of rotatable bonds is 8. The second kappa shape index (κ2) is 7.78. The van der Waals surface area contributed by atoms with Crippen molar-refractivity contribution in [2.24, 2.45) is 5.92 Å². The molecule has 25 heavy (non-hydrogen) atoms. The van der Waals surface area contributed by atoms with Gasteiger partial charge in [0.15, 0.2) is 0 Å². The Morgan fingerprint density at radius 2 is 2.00 bits per heavy atom. The lowest BCUT2D eigenvalue weighted by Crippen LogP contribution is -2.28. The van der Waals surface area contributed by atoms with E-state index in [9.17, 15) is 9.59 Å². The predicted molar refractivity (Wildman–Crippen MR) is 96.0 cm³/mol. The van der Waals surface area contributed by atoms with E-state index in [-0.39, 0.29) is 11.5 Å². The lowest BCUT2D eigenvalue weighted by atomic mass is 10.2. The first kappa shape index (κ1) is 17.6. The highest BCUT2D eigenvalue weighted by Gasteiger charge is 2.23. The van der Waals surface area contributed by atoms with Crippen LogP contribution in [-0.4, -0.2) is 35.5 Å². The van der Waals surface area contributed by atoms with E-state index in [1.54, 1.807) is 4.90 Å². The van der Waals surface area contributed by atoms with Crippen LogP contribution in [0.15, 0.2) is 45.9 Å². The van der Waals surface area contributed by atoms with Crippen molar-refractivity contribution in [1.82, 2.24) is 4.90 Å². The topological polar surface area (TPSA) is 70.8 Å². The number of benzene rings is 1. The van der Waals surface area contributed by atoms with Gasteiger partial charge < -0.3 is 14.4 Å². The fourth-order valence-electron chi connectivity index (χ4n) is 2.65. The molecular formula is C19H21NO4S. The maximum absolute atomic E-state index is 12.7. The summed E-state index contributed by atoms with van der Waals surface area (Å²) >= 11 is 1.41. The van der Waals surface area contributed by atoms with Crippen LogP contribution in [0, 0.1) is 5.92 Å². The minimum absolute atomic E-state index is 0.00153. The molecule has 0 spiro atoms. The van der Waals surface area contributed by atoms with E-state index in [2.05, 4.69) is 0 Å². The molecule has 132 valence electrons. The van der Waals surface area contributed by atoms with Crippen molar-refractivity contribution >= 4 is 23.6 Å². The summed E-state index contributed by atoms with van der Waals surface area (Å²) in [4.78, 5) is 26.5. The molecular weight excluding hydrogens is 338 g/mol. The minimum atomic E-state index is -1.01. The Labute approximate surface area is 151 Å². The molecule has 1 aliphatic rings. The van der Waals surface area contributed by atoms with E-state index in [4.69, 9.17) is 9.52 Å². The highest BCUT2D eigenvalue weighted by Crippen LogP contribution is 2.33. The Bertz CT molecular complexity index is 766. The Kier molecular flexibility index (Phi) is 5.48. The van der Waals surface area contributed by atoms with Crippen LogP contribution >= 0.6 is 11.8 Å². The number of carbonyl (C=O) groups excluding carboxylic acids is 1. The number of carbonyl (C=O) groups is 2. The van der Waals surface area contributed by atoms with Crippen LogP contribution in [0.3, 0.4) is 0 Å². The number of furan rings is 1. The highest BCUT2D eigenvalue weighted by atomic mass is 32.2. The van der Waals surface area contributed by atoms with E-state index in [1.165, 1.54) is 36.9 Å². The number of carboxylic acid groups (broad SMARTS) is 1. The number of thioether (sulfide) groups is 1. The van der Waals surface area contributed by atoms with Crippen LogP contribution in [0.4, 0.5) is 0 Å². The van der Waals surface area contributed by atoms with Gasteiger partial charge >= 0.3 is 5.97 Å². The van der Waals surface area contributed by atoms with E-state index >= 15 is 0 Å². The Hall–Kier alpha value is -2.21. The summed E-state index contributed by atoms with van der Waals surface area (Å²) in [5.41, 5.74) is 0.812. The van der Waals surface area contributed by atoms with Gasteiger partial charge in [-0.2, -0.15) is 0 Å². The average Bonchev–Trinajstić information content (AvgIpc) is 3.32. The fourth-order valence-corrected chi connectivity index (χ4v) is 3.64. The van der Waals surface area contributed by atoms with E-state index in [0.29, 0.717) is 17.1 Å². The summed E-state index contributed by atoms with van der Waals surface area (Å²) < 4.78 is 5.27. The van der Waals surface area contributed by atoms with Gasteiger partial charge in [0, 0.05) is 18.5 Å². The zero-order valence-electron chi connectivity index (χ0n) is 14.1. The molecule has 1 aliphatic carbocycles. The number of amides is 1. The summed E-state index contributed by atoms with van der Waals surface area (Å²) in [5.74, 6) is 0.551. The average molecular weight is 359 g/mol. The lowest BCUT2D eigenvalue weighted by Gasteiger charge is -2.18. The highest BCUT2D eigenvalue weighted by molar-refractivity contribution is 7.98. The molecule has 1 fully saturated rings. The second-order valence-corrected chi connectivity index (χ2v) is 7.32. The molecule has 0 aliphatic heterocycles. The Morgan fingerprint density at radius 3 is 2.72 bits per heavy atom. The van der Waals surface area contributed by atoms with Crippen LogP contribution < -0.4 is 0 Å². The van der Waals surface area contributed by atoms with Gasteiger partial charge in [-0.25, -0.2) is 4.79 Å². The van der Waals surface area contributed by atoms with Gasteiger partial charge in [-0.15, -0.1) is 11.8 Å². The summed E-state index contributed by atoms with van der Waals surface area (Å²) in [6.45, 7) is 0.768. The maximum atomic E-state index is 12.7. The standard InChI is InChI=1S/C19H21NO4S/c1-20(10-8-13-6-7-13)18(21)15-4-2-3-5-17(15)25-12-16-14(19(22)23)9-11-24-16/h2-5,9,11,13H,6-8,10,12H2,1H3,(H,22,23). The van der Waals surface area contributed by atoms with Crippen LogP contribution in [0.2, 0.25) is 0 Å². The normalized spacial score (nSPS) is 13.6. The molecule has 0 unspecified atom stereocenters. The van der Waals surface area contributed by atoms with Crippen molar-refractivity contribution < 1.29 is 19.1 Å². The van der Waals surface area contributed by atoms with Crippen molar-refractivity contribution in [3.63, 3.8) is 0 Å². The fraction of sp³-hybridized carbons (Fsp3) is 0.368. The van der Waals surface area contributed by atoms with Gasteiger partial charge in [0.1, 0.15) is 11.3 Å². The number of carboxylic acids is 1. The Morgan fingerprint density at radius 1 is 1.24 bits per heavy atom. The molecule has 1 aromatic carbocycles. The summed E-state index contributed by atoms with van der Waals surface area (Å²) in [6.07, 6.45) is 5.00. The van der Waals surface area contributed by atoms with E-state index in [0.717, 1.165) is 23.8 Å². The second-order valence-electron chi connectivity index (χ2n) is 6.31. The molecule has 0 atom stereocenters. The van der Waals surface area contributed by atoms with Crippen molar-refractivity contribution in [3.8, 4) is 0 Å². The third-order valence-electron chi connectivity index (χ3n) is 4.37. The van der Waals surface area contributed by atoms with Crippen molar-refractivity contribution in [2.75, 3.05) is 13.6 Å². The molecule has 2 aromatic rings. The van der Waals surface area contributed by atoms with E-state index in [1.807, 2.05) is 31.3 Å².